The van der Waals surface area contributed by atoms with E-state index in [1.807, 2.05) is 0 Å². The third-order valence-corrected chi connectivity index (χ3v) is 3.05. The molecular weight excluding hydrogens is 294 g/mol. The van der Waals surface area contributed by atoms with E-state index in [-0.39, 0.29) is 5.91 Å². The molecule has 0 aromatic heterocycles. The van der Waals surface area contributed by atoms with Gasteiger partial charge in [-0.05, 0) is 52.3 Å². The summed E-state index contributed by atoms with van der Waals surface area (Å²) < 4.78 is 0.736. The fourth-order valence-electron chi connectivity index (χ4n) is 1.51. The molecule has 5 N–H and O–H groups in total. The molecular formula is C13H12BrN3O. The summed E-state index contributed by atoms with van der Waals surface area (Å²) in [6.45, 7) is 0. The van der Waals surface area contributed by atoms with Gasteiger partial charge in [-0.15, -0.1) is 0 Å². The first-order valence-corrected chi connectivity index (χ1v) is 6.07. The Morgan fingerprint density at radius 3 is 2.44 bits per heavy atom. The molecule has 0 heterocycles. The molecule has 0 bridgehead atoms. The van der Waals surface area contributed by atoms with Crippen LogP contribution in [0.1, 0.15) is 10.4 Å². The zero-order valence-electron chi connectivity index (χ0n) is 9.48. The molecule has 0 unspecified atom stereocenters. The molecule has 18 heavy (non-hydrogen) atoms. The lowest BCUT2D eigenvalue weighted by atomic mass is 10.2. The highest BCUT2D eigenvalue weighted by Gasteiger charge is 2.08. The van der Waals surface area contributed by atoms with Crippen molar-refractivity contribution in [3.8, 4) is 0 Å². The summed E-state index contributed by atoms with van der Waals surface area (Å²) in [5, 5.41) is 2.78. The van der Waals surface area contributed by atoms with Crippen molar-refractivity contribution < 1.29 is 4.79 Å². The highest BCUT2D eigenvalue weighted by atomic mass is 79.9. The fourth-order valence-corrected chi connectivity index (χ4v) is 2.00. The average Bonchev–Trinajstić information content (AvgIpc) is 2.32. The van der Waals surface area contributed by atoms with Crippen LogP contribution < -0.4 is 16.8 Å². The zero-order valence-corrected chi connectivity index (χ0v) is 11.1. The molecule has 0 aliphatic carbocycles. The lowest BCUT2D eigenvalue weighted by molar-refractivity contribution is 0.102. The van der Waals surface area contributed by atoms with Crippen molar-refractivity contribution in [2.75, 3.05) is 16.8 Å². The van der Waals surface area contributed by atoms with Crippen LogP contribution in [0.3, 0.4) is 0 Å². The van der Waals surface area contributed by atoms with E-state index in [0.29, 0.717) is 22.6 Å². The van der Waals surface area contributed by atoms with Gasteiger partial charge in [-0.2, -0.15) is 0 Å². The maximum atomic E-state index is 12.0. The number of nitrogens with two attached hydrogens (primary N) is 2. The number of hydrogen-bond acceptors (Lipinski definition) is 3. The van der Waals surface area contributed by atoms with Crippen LogP contribution in [0.4, 0.5) is 17.1 Å². The molecule has 1 amide bonds. The molecule has 0 radical (unpaired) electrons. The molecule has 4 nitrogen and oxygen atoms in total. The summed E-state index contributed by atoms with van der Waals surface area (Å²) in [5.74, 6) is -0.215. The van der Waals surface area contributed by atoms with Crippen LogP contribution in [-0.4, -0.2) is 5.91 Å². The Balaban J connectivity index is 2.21. The molecule has 0 aliphatic heterocycles. The van der Waals surface area contributed by atoms with Crippen molar-refractivity contribution in [2.24, 2.45) is 0 Å². The van der Waals surface area contributed by atoms with E-state index in [2.05, 4.69) is 21.2 Å². The fraction of sp³-hybridized carbons (Fsp3) is 0. The molecule has 0 saturated heterocycles. The van der Waals surface area contributed by atoms with Gasteiger partial charge in [0.05, 0.1) is 5.69 Å². The average molecular weight is 306 g/mol. The van der Waals surface area contributed by atoms with Crippen molar-refractivity contribution >= 4 is 38.9 Å². The Labute approximate surface area is 113 Å². The normalized spacial score (nSPS) is 10.1. The standard InChI is InChI=1S/C13H12BrN3O/c14-11-7-10(16)4-5-12(11)17-13(18)8-2-1-3-9(15)6-8/h1-7H,15-16H2,(H,17,18). The molecule has 5 heteroatoms. The molecule has 0 atom stereocenters. The van der Waals surface area contributed by atoms with E-state index in [1.54, 1.807) is 42.5 Å². The summed E-state index contributed by atoms with van der Waals surface area (Å²) in [4.78, 5) is 12.0. The van der Waals surface area contributed by atoms with Gasteiger partial charge in [-0.25, -0.2) is 0 Å². The van der Waals surface area contributed by atoms with Crippen LogP contribution in [0.5, 0.6) is 0 Å². The number of anilines is 3. The highest BCUT2D eigenvalue weighted by Crippen LogP contribution is 2.25. The number of nitrogens with one attached hydrogen (secondary N) is 1. The SMILES string of the molecule is Nc1cccc(C(=O)Nc2ccc(N)cc2Br)c1. The van der Waals surface area contributed by atoms with Crippen LogP contribution in [0.2, 0.25) is 0 Å². The first-order chi connectivity index (χ1) is 8.56. The lowest BCUT2D eigenvalue weighted by Gasteiger charge is -2.08. The third kappa shape index (κ3) is 2.81. The number of benzene rings is 2. The second kappa shape index (κ2) is 5.10. The zero-order chi connectivity index (χ0) is 13.1. The summed E-state index contributed by atoms with van der Waals surface area (Å²) in [7, 11) is 0. The quantitative estimate of drug-likeness (QED) is 0.746. The van der Waals surface area contributed by atoms with E-state index >= 15 is 0 Å². The number of hydrogen-bond donors (Lipinski definition) is 3. The van der Waals surface area contributed by atoms with Gasteiger partial charge in [0, 0.05) is 21.4 Å². The van der Waals surface area contributed by atoms with Crippen LogP contribution in [0.15, 0.2) is 46.9 Å². The number of carbonyl (C=O) groups excluding carboxylic acids is 1. The predicted molar refractivity (Wildman–Crippen MR) is 77.4 cm³/mol. The number of halogens is 1. The molecule has 0 aliphatic rings. The van der Waals surface area contributed by atoms with Gasteiger partial charge in [0.15, 0.2) is 0 Å². The first-order valence-electron chi connectivity index (χ1n) is 5.28. The Morgan fingerprint density at radius 2 is 1.78 bits per heavy atom. The van der Waals surface area contributed by atoms with Gasteiger partial charge >= 0.3 is 0 Å². The molecule has 0 spiro atoms. The van der Waals surface area contributed by atoms with Crippen molar-refractivity contribution in [3.05, 3.63) is 52.5 Å². The second-order valence-electron chi connectivity index (χ2n) is 3.82. The van der Waals surface area contributed by atoms with Crippen molar-refractivity contribution in [1.29, 1.82) is 0 Å². The van der Waals surface area contributed by atoms with Gasteiger partial charge < -0.3 is 16.8 Å². The van der Waals surface area contributed by atoms with E-state index in [0.717, 1.165) is 4.47 Å². The molecule has 2 aromatic carbocycles. The summed E-state index contributed by atoms with van der Waals surface area (Å²) >= 11 is 3.34. The minimum absolute atomic E-state index is 0.215. The van der Waals surface area contributed by atoms with Crippen molar-refractivity contribution in [3.63, 3.8) is 0 Å². The van der Waals surface area contributed by atoms with Crippen LogP contribution in [0.25, 0.3) is 0 Å². The third-order valence-electron chi connectivity index (χ3n) is 2.39. The van der Waals surface area contributed by atoms with E-state index in [1.165, 1.54) is 0 Å². The molecule has 2 rings (SSSR count). The summed E-state index contributed by atoms with van der Waals surface area (Å²) in [6.07, 6.45) is 0. The van der Waals surface area contributed by atoms with Crippen molar-refractivity contribution in [1.82, 2.24) is 0 Å². The smallest absolute Gasteiger partial charge is 0.255 e. The predicted octanol–water partition coefficient (Wildman–Crippen LogP) is 2.87. The summed E-state index contributed by atoms with van der Waals surface area (Å²) in [5.41, 5.74) is 13.6. The van der Waals surface area contributed by atoms with Gasteiger partial charge in [0.2, 0.25) is 0 Å². The number of nitrogen functional groups attached to an aromatic ring is 2. The van der Waals surface area contributed by atoms with Crippen LogP contribution >= 0.6 is 15.9 Å². The molecule has 0 fully saturated rings. The minimum Gasteiger partial charge on any atom is -0.399 e. The number of carbonyl (C=O) groups is 1. The number of rotatable bonds is 2. The topological polar surface area (TPSA) is 81.1 Å². The highest BCUT2D eigenvalue weighted by molar-refractivity contribution is 9.10. The van der Waals surface area contributed by atoms with Gasteiger partial charge in [-0.1, -0.05) is 6.07 Å². The molecule has 2 aromatic rings. The Kier molecular flexibility index (Phi) is 3.53. The van der Waals surface area contributed by atoms with Crippen LogP contribution in [-0.2, 0) is 0 Å². The number of amides is 1. The monoisotopic (exact) mass is 305 g/mol. The minimum atomic E-state index is -0.215. The largest absolute Gasteiger partial charge is 0.399 e. The van der Waals surface area contributed by atoms with Gasteiger partial charge in [-0.3, -0.25) is 4.79 Å². The van der Waals surface area contributed by atoms with E-state index in [4.69, 9.17) is 11.5 Å². The van der Waals surface area contributed by atoms with Gasteiger partial charge in [0.25, 0.3) is 5.91 Å². The van der Waals surface area contributed by atoms with Crippen LogP contribution in [0, 0.1) is 0 Å². The first kappa shape index (κ1) is 12.4. The second-order valence-corrected chi connectivity index (χ2v) is 4.67. The Hall–Kier alpha value is -2.01. The van der Waals surface area contributed by atoms with E-state index < -0.39 is 0 Å². The molecule has 0 saturated carbocycles. The van der Waals surface area contributed by atoms with Crippen molar-refractivity contribution in [2.45, 2.75) is 0 Å². The lowest BCUT2D eigenvalue weighted by Crippen LogP contribution is -2.12. The summed E-state index contributed by atoms with van der Waals surface area (Å²) in [6, 6.07) is 12.0. The van der Waals surface area contributed by atoms with Gasteiger partial charge in [0.1, 0.15) is 0 Å². The van der Waals surface area contributed by atoms with E-state index in [9.17, 15) is 4.79 Å². The maximum absolute atomic E-state index is 12.0. The maximum Gasteiger partial charge on any atom is 0.255 e. The Bertz CT molecular complexity index is 599. The Morgan fingerprint density at radius 1 is 1.06 bits per heavy atom. The molecule has 92 valence electrons.